The topological polar surface area (TPSA) is 129 Å². The number of allylic oxidation sites excluding steroid dienone is 1. The second-order valence-electron chi connectivity index (χ2n) is 13.1. The summed E-state index contributed by atoms with van der Waals surface area (Å²) in [6.45, 7) is 16.0. The van der Waals surface area contributed by atoms with Gasteiger partial charge in [-0.1, -0.05) is 73.3 Å². The first-order valence-electron chi connectivity index (χ1n) is 14.8. The van der Waals surface area contributed by atoms with Crippen LogP contribution in [0.2, 0.25) is 18.1 Å². The molecule has 1 fully saturated rings. The maximum atomic E-state index is 12.9. The first-order chi connectivity index (χ1) is 18.9. The fourth-order valence-corrected chi connectivity index (χ4v) is 5.50. The summed E-state index contributed by atoms with van der Waals surface area (Å²) in [7, 11) is -0.883. The molecule has 1 aliphatic heterocycles. The molecular formula is C31H54O9Si. The van der Waals surface area contributed by atoms with Crippen LogP contribution in [0.4, 0.5) is 0 Å². The van der Waals surface area contributed by atoms with Crippen LogP contribution in [0.3, 0.4) is 0 Å². The number of methoxy groups -OCH3 is 1. The van der Waals surface area contributed by atoms with Gasteiger partial charge in [-0.2, -0.15) is 0 Å². The second kappa shape index (κ2) is 16.1. The molecular weight excluding hydrogens is 544 g/mol. The van der Waals surface area contributed by atoms with E-state index in [4.69, 9.17) is 18.6 Å². The molecule has 2 N–H and O–H groups in total. The molecule has 10 heteroatoms. The predicted molar refractivity (Wildman–Crippen MR) is 161 cm³/mol. The summed E-state index contributed by atoms with van der Waals surface area (Å²) in [5.41, 5.74) is -0.934. The molecule has 0 aromatic heterocycles. The number of esters is 2. The number of hydrogen-bond donors (Lipinski definition) is 2. The van der Waals surface area contributed by atoms with Gasteiger partial charge in [-0.15, -0.1) is 0 Å². The lowest BCUT2D eigenvalue weighted by molar-refractivity contribution is -0.327. The molecule has 1 heterocycles. The normalized spacial score (nSPS) is 23.9. The van der Waals surface area contributed by atoms with E-state index in [1.165, 1.54) is 25.3 Å². The van der Waals surface area contributed by atoms with Gasteiger partial charge in [-0.05, 0) is 42.6 Å². The smallest absolute Gasteiger partial charge is 0.330 e. The highest BCUT2D eigenvalue weighted by Gasteiger charge is 2.57. The largest absolute Gasteiger partial charge is 0.466 e. The lowest BCUT2D eigenvalue weighted by Crippen LogP contribution is -2.62. The Morgan fingerprint density at radius 1 is 1.15 bits per heavy atom. The van der Waals surface area contributed by atoms with Crippen molar-refractivity contribution in [2.45, 2.75) is 135 Å². The highest BCUT2D eigenvalue weighted by Crippen LogP contribution is 2.46. The number of aldehydes is 1. The Labute approximate surface area is 247 Å². The molecule has 1 rings (SSSR count). The maximum absolute atomic E-state index is 12.9. The van der Waals surface area contributed by atoms with Crippen molar-refractivity contribution in [1.29, 1.82) is 0 Å². The number of aliphatic hydroxyl groups is 2. The summed E-state index contributed by atoms with van der Waals surface area (Å²) in [5.74, 6) is -3.36. The van der Waals surface area contributed by atoms with Crippen molar-refractivity contribution >= 4 is 26.5 Å². The standard InChI is InChI=1S/C31H54O9Si/c1-10-11-12-13-14-16-26(34)39-28-23(20-27(35)37-7)19-25(40-31(28,36)30(5,6)17-15-18-32)21-24(33)22-38-41(8,9)29(2,3)4/h15,17-18,20,24-25,28,33,36H,10-14,16,19,21-22H2,1-9H3/b17-15+,23-20+/t24?,25-,28-,31+/m0/s1. The first-order valence-corrected chi connectivity index (χ1v) is 17.7. The van der Waals surface area contributed by atoms with E-state index in [9.17, 15) is 24.6 Å². The molecule has 0 bridgehead atoms. The van der Waals surface area contributed by atoms with Gasteiger partial charge in [0.2, 0.25) is 5.79 Å². The van der Waals surface area contributed by atoms with E-state index >= 15 is 0 Å². The van der Waals surface area contributed by atoms with Crippen molar-refractivity contribution in [3.63, 3.8) is 0 Å². The van der Waals surface area contributed by atoms with Crippen molar-refractivity contribution in [3.05, 3.63) is 23.8 Å². The van der Waals surface area contributed by atoms with Crippen LogP contribution in [0.15, 0.2) is 23.8 Å². The van der Waals surface area contributed by atoms with Gasteiger partial charge in [0.05, 0.1) is 25.9 Å². The highest BCUT2D eigenvalue weighted by molar-refractivity contribution is 6.74. The highest BCUT2D eigenvalue weighted by atomic mass is 28.4. The van der Waals surface area contributed by atoms with Crippen molar-refractivity contribution in [2.24, 2.45) is 5.41 Å². The van der Waals surface area contributed by atoms with Crippen molar-refractivity contribution in [1.82, 2.24) is 0 Å². The molecule has 9 nitrogen and oxygen atoms in total. The zero-order chi connectivity index (χ0) is 31.5. The minimum atomic E-state index is -2.16. The Morgan fingerprint density at radius 3 is 2.34 bits per heavy atom. The van der Waals surface area contributed by atoms with E-state index in [-0.39, 0.29) is 30.9 Å². The van der Waals surface area contributed by atoms with Crippen LogP contribution in [0.1, 0.15) is 92.9 Å². The van der Waals surface area contributed by atoms with E-state index in [0.717, 1.165) is 25.7 Å². The number of hydrogen-bond acceptors (Lipinski definition) is 9. The molecule has 0 aromatic rings. The summed E-state index contributed by atoms with van der Waals surface area (Å²) < 4.78 is 23.1. The van der Waals surface area contributed by atoms with Gasteiger partial charge in [0.25, 0.3) is 0 Å². The number of carbonyl (C=O) groups is 3. The van der Waals surface area contributed by atoms with Crippen LogP contribution in [-0.4, -0.2) is 74.6 Å². The number of rotatable bonds is 16. The zero-order valence-corrected chi connectivity index (χ0v) is 27.7. The third-order valence-electron chi connectivity index (χ3n) is 8.23. The SMILES string of the molecule is CCCCCCCC(=O)O[C@H]1/C(=C/C(=O)OC)C[C@@H](CC(O)CO[Si](C)(C)C(C)(C)C)O[C@@]1(O)C(C)(C)/C=C/C=O. The Morgan fingerprint density at radius 2 is 1.78 bits per heavy atom. The van der Waals surface area contributed by atoms with Gasteiger partial charge in [-0.3, -0.25) is 9.59 Å². The molecule has 0 radical (unpaired) electrons. The van der Waals surface area contributed by atoms with Crippen molar-refractivity contribution < 1.29 is 43.2 Å². The number of unbranched alkanes of at least 4 members (excludes halogenated alkanes) is 4. The van der Waals surface area contributed by atoms with Crippen LogP contribution in [-0.2, 0) is 33.0 Å². The van der Waals surface area contributed by atoms with Crippen LogP contribution >= 0.6 is 0 Å². The van der Waals surface area contributed by atoms with Crippen LogP contribution < -0.4 is 0 Å². The minimum absolute atomic E-state index is 0.0349. The average molecular weight is 599 g/mol. The monoisotopic (exact) mass is 598 g/mol. The summed E-state index contributed by atoms with van der Waals surface area (Å²) in [6.07, 6.45) is 6.56. The molecule has 41 heavy (non-hydrogen) atoms. The van der Waals surface area contributed by atoms with Crippen molar-refractivity contribution in [3.8, 4) is 0 Å². The molecule has 1 unspecified atom stereocenters. The summed E-state index contributed by atoms with van der Waals surface area (Å²) >= 11 is 0. The lowest BCUT2D eigenvalue weighted by Gasteiger charge is -2.50. The fraction of sp³-hybridized carbons (Fsp3) is 0.774. The Balaban J connectivity index is 3.33. The van der Waals surface area contributed by atoms with Gasteiger partial charge in [0.15, 0.2) is 14.4 Å². The third-order valence-corrected chi connectivity index (χ3v) is 12.7. The average Bonchev–Trinajstić information content (AvgIpc) is 2.87. The number of aliphatic hydroxyl groups excluding tert-OH is 1. The van der Waals surface area contributed by atoms with Crippen LogP contribution in [0.5, 0.6) is 0 Å². The molecule has 236 valence electrons. The molecule has 0 saturated carbocycles. The zero-order valence-electron chi connectivity index (χ0n) is 26.7. The predicted octanol–water partition coefficient (Wildman–Crippen LogP) is 5.39. The van der Waals surface area contributed by atoms with Crippen LogP contribution in [0, 0.1) is 5.41 Å². The molecule has 0 spiro atoms. The molecule has 0 aromatic carbocycles. The Kier molecular flexibility index (Phi) is 14.6. The Bertz CT molecular complexity index is 919. The summed E-state index contributed by atoms with van der Waals surface area (Å²) in [5, 5.41) is 23.0. The molecule has 0 amide bonds. The molecule has 4 atom stereocenters. The van der Waals surface area contributed by atoms with E-state index in [1.807, 2.05) is 0 Å². The first kappa shape index (κ1) is 37.2. The molecule has 0 aliphatic carbocycles. The Hall–Kier alpha value is -1.85. The fourth-order valence-electron chi connectivity index (χ4n) is 4.46. The van der Waals surface area contributed by atoms with Gasteiger partial charge in [0, 0.05) is 24.3 Å². The van der Waals surface area contributed by atoms with E-state index < -0.39 is 49.8 Å². The molecule has 1 aliphatic rings. The minimum Gasteiger partial charge on any atom is -0.466 e. The number of carbonyl (C=O) groups excluding carboxylic acids is 3. The van der Waals surface area contributed by atoms with Gasteiger partial charge in [0.1, 0.15) is 6.29 Å². The van der Waals surface area contributed by atoms with Crippen LogP contribution in [0.25, 0.3) is 0 Å². The van der Waals surface area contributed by atoms with E-state index in [0.29, 0.717) is 18.3 Å². The lowest BCUT2D eigenvalue weighted by atomic mass is 9.74. The van der Waals surface area contributed by atoms with Crippen molar-refractivity contribution in [2.75, 3.05) is 13.7 Å². The molecule has 1 saturated heterocycles. The quantitative estimate of drug-likeness (QED) is 0.0790. The van der Waals surface area contributed by atoms with E-state index in [1.54, 1.807) is 13.8 Å². The maximum Gasteiger partial charge on any atom is 0.330 e. The van der Waals surface area contributed by atoms with E-state index in [2.05, 4.69) is 40.8 Å². The summed E-state index contributed by atoms with van der Waals surface area (Å²) in [6, 6.07) is 0. The van der Waals surface area contributed by atoms with Gasteiger partial charge in [-0.25, -0.2) is 4.79 Å². The second-order valence-corrected chi connectivity index (χ2v) is 17.9. The number of ether oxygens (including phenoxy) is 3. The van der Waals surface area contributed by atoms with Gasteiger partial charge >= 0.3 is 11.9 Å². The summed E-state index contributed by atoms with van der Waals surface area (Å²) in [4.78, 5) is 36.5. The third kappa shape index (κ3) is 11.1. The van der Waals surface area contributed by atoms with Gasteiger partial charge < -0.3 is 28.8 Å².